The summed E-state index contributed by atoms with van der Waals surface area (Å²) >= 11 is 6.05. The second kappa shape index (κ2) is 4.63. The topological polar surface area (TPSA) is 42.2 Å². The maximum Gasteiger partial charge on any atom is 0.179 e. The van der Waals surface area contributed by atoms with E-state index in [1.54, 1.807) is 0 Å². The maximum atomic E-state index is 6.05. The number of halogens is 1. The number of pyridine rings is 1. The van der Waals surface area contributed by atoms with Crippen LogP contribution in [0.15, 0.2) is 18.3 Å². The van der Waals surface area contributed by atoms with Crippen LogP contribution in [0.2, 0.25) is 5.02 Å². The van der Waals surface area contributed by atoms with Crippen LogP contribution in [0, 0.1) is 0 Å². The second-order valence-corrected chi connectivity index (χ2v) is 4.94. The van der Waals surface area contributed by atoms with E-state index in [0.717, 1.165) is 18.0 Å². The van der Waals surface area contributed by atoms with Gasteiger partial charge in [0.05, 0.1) is 11.6 Å². The number of hydrogen-bond donors (Lipinski definition) is 1. The molecule has 1 saturated carbocycles. The van der Waals surface area contributed by atoms with Crippen molar-refractivity contribution in [3.05, 3.63) is 29.2 Å². The predicted octanol–water partition coefficient (Wildman–Crippen LogP) is 2.41. The fourth-order valence-corrected chi connectivity index (χ4v) is 2.62. The molecule has 0 aromatic carbocycles. The van der Waals surface area contributed by atoms with Gasteiger partial charge in [0.1, 0.15) is 0 Å². The second-order valence-electron chi connectivity index (χ2n) is 4.53. The van der Waals surface area contributed by atoms with Gasteiger partial charge in [0.15, 0.2) is 11.5 Å². The molecule has 2 heterocycles. The highest BCUT2D eigenvalue weighted by Gasteiger charge is 2.15. The van der Waals surface area contributed by atoms with Crippen molar-refractivity contribution in [2.45, 2.75) is 38.3 Å². The zero-order valence-corrected chi connectivity index (χ0v) is 10.3. The minimum absolute atomic E-state index is 0.640. The van der Waals surface area contributed by atoms with Crippen molar-refractivity contribution >= 4 is 17.2 Å². The minimum Gasteiger partial charge on any atom is -0.307 e. The molecule has 1 aliphatic carbocycles. The molecular weight excluding hydrogens is 236 g/mol. The van der Waals surface area contributed by atoms with Crippen LogP contribution in [-0.4, -0.2) is 20.6 Å². The van der Waals surface area contributed by atoms with Crippen LogP contribution >= 0.6 is 11.6 Å². The number of aromatic nitrogens is 3. The summed E-state index contributed by atoms with van der Waals surface area (Å²) in [6, 6.07) is 4.39. The standard InChI is InChI=1S/C12H15ClN4/c13-10-6-3-7-17-11(15-16-12(10)17)8-14-9-4-1-2-5-9/h3,6-7,9,14H,1-2,4-5,8H2. The summed E-state index contributed by atoms with van der Waals surface area (Å²) in [5.41, 5.74) is 0.734. The van der Waals surface area contributed by atoms with E-state index in [2.05, 4.69) is 15.5 Å². The Hall–Kier alpha value is -1.13. The van der Waals surface area contributed by atoms with Gasteiger partial charge in [-0.2, -0.15) is 0 Å². The smallest absolute Gasteiger partial charge is 0.179 e. The van der Waals surface area contributed by atoms with E-state index in [1.807, 2.05) is 22.7 Å². The molecule has 0 saturated heterocycles. The lowest BCUT2D eigenvalue weighted by atomic mass is 10.2. The van der Waals surface area contributed by atoms with Crippen molar-refractivity contribution in [1.82, 2.24) is 19.9 Å². The van der Waals surface area contributed by atoms with Gasteiger partial charge < -0.3 is 5.32 Å². The summed E-state index contributed by atoms with van der Waals surface area (Å²) < 4.78 is 1.95. The quantitative estimate of drug-likeness (QED) is 0.910. The molecular formula is C12H15ClN4. The normalized spacial score (nSPS) is 17.0. The van der Waals surface area contributed by atoms with E-state index in [-0.39, 0.29) is 0 Å². The Balaban J connectivity index is 1.78. The molecule has 5 heteroatoms. The van der Waals surface area contributed by atoms with Crippen LogP contribution in [0.3, 0.4) is 0 Å². The van der Waals surface area contributed by atoms with Crippen LogP contribution in [0.1, 0.15) is 31.5 Å². The molecule has 0 aliphatic heterocycles. The number of fused-ring (bicyclic) bond motifs is 1. The molecule has 17 heavy (non-hydrogen) atoms. The summed E-state index contributed by atoms with van der Waals surface area (Å²) in [6.45, 7) is 0.756. The lowest BCUT2D eigenvalue weighted by Crippen LogP contribution is -2.26. The molecule has 0 radical (unpaired) electrons. The molecule has 2 aromatic heterocycles. The van der Waals surface area contributed by atoms with E-state index in [4.69, 9.17) is 11.6 Å². The molecule has 0 spiro atoms. The Kier molecular flexibility index (Phi) is 2.99. The van der Waals surface area contributed by atoms with Crippen LogP contribution in [-0.2, 0) is 6.54 Å². The number of nitrogens with zero attached hydrogens (tertiary/aromatic N) is 3. The van der Waals surface area contributed by atoms with Gasteiger partial charge in [-0.3, -0.25) is 4.40 Å². The first kappa shape index (κ1) is 11.0. The molecule has 3 rings (SSSR count). The zero-order chi connectivity index (χ0) is 11.7. The molecule has 1 fully saturated rings. The molecule has 4 nitrogen and oxygen atoms in total. The van der Waals surface area contributed by atoms with Crippen molar-refractivity contribution in [2.24, 2.45) is 0 Å². The third kappa shape index (κ3) is 2.15. The van der Waals surface area contributed by atoms with E-state index < -0.39 is 0 Å². The lowest BCUT2D eigenvalue weighted by molar-refractivity contribution is 0.512. The van der Waals surface area contributed by atoms with E-state index in [0.29, 0.717) is 11.1 Å². The fourth-order valence-electron chi connectivity index (χ4n) is 2.42. The van der Waals surface area contributed by atoms with Gasteiger partial charge in [0, 0.05) is 12.2 Å². The van der Waals surface area contributed by atoms with Gasteiger partial charge in [0.25, 0.3) is 0 Å². The monoisotopic (exact) mass is 250 g/mol. The highest BCUT2D eigenvalue weighted by atomic mass is 35.5. The zero-order valence-electron chi connectivity index (χ0n) is 9.56. The van der Waals surface area contributed by atoms with E-state index in [9.17, 15) is 0 Å². The third-order valence-corrected chi connectivity index (χ3v) is 3.66. The Bertz CT molecular complexity index is 516. The van der Waals surface area contributed by atoms with Crippen LogP contribution in [0.4, 0.5) is 0 Å². The first-order valence-corrected chi connectivity index (χ1v) is 6.44. The van der Waals surface area contributed by atoms with E-state index >= 15 is 0 Å². The number of hydrogen-bond acceptors (Lipinski definition) is 3. The molecule has 1 N–H and O–H groups in total. The summed E-state index contributed by atoms with van der Waals surface area (Å²) in [6.07, 6.45) is 7.18. The largest absolute Gasteiger partial charge is 0.307 e. The highest BCUT2D eigenvalue weighted by molar-refractivity contribution is 6.33. The van der Waals surface area contributed by atoms with Crippen LogP contribution in [0.25, 0.3) is 5.65 Å². The third-order valence-electron chi connectivity index (χ3n) is 3.36. The molecule has 0 unspecified atom stereocenters. The highest BCUT2D eigenvalue weighted by Crippen LogP contribution is 2.19. The summed E-state index contributed by atoms with van der Waals surface area (Å²) in [7, 11) is 0. The van der Waals surface area contributed by atoms with Gasteiger partial charge in [-0.25, -0.2) is 0 Å². The number of nitrogens with one attached hydrogen (secondary N) is 1. The summed E-state index contributed by atoms with van der Waals surface area (Å²) in [5, 5.41) is 12.5. The van der Waals surface area contributed by atoms with Crippen LogP contribution < -0.4 is 5.32 Å². The molecule has 1 aliphatic rings. The maximum absolute atomic E-state index is 6.05. The van der Waals surface area contributed by atoms with Gasteiger partial charge in [0.2, 0.25) is 0 Å². The van der Waals surface area contributed by atoms with Crippen LogP contribution in [0.5, 0.6) is 0 Å². The SMILES string of the molecule is Clc1cccn2c(CNC3CCCC3)nnc12. The molecule has 90 valence electrons. The fraction of sp³-hybridized carbons (Fsp3) is 0.500. The van der Waals surface area contributed by atoms with Crippen molar-refractivity contribution in [2.75, 3.05) is 0 Å². The lowest BCUT2D eigenvalue weighted by Gasteiger charge is -2.10. The van der Waals surface area contributed by atoms with Gasteiger partial charge in [-0.15, -0.1) is 10.2 Å². The van der Waals surface area contributed by atoms with Crippen molar-refractivity contribution < 1.29 is 0 Å². The molecule has 0 amide bonds. The number of rotatable bonds is 3. The average Bonchev–Trinajstić information content (AvgIpc) is 2.95. The Morgan fingerprint density at radius 3 is 3.00 bits per heavy atom. The van der Waals surface area contributed by atoms with Gasteiger partial charge in [-0.1, -0.05) is 24.4 Å². The Labute approximate surface area is 105 Å². The molecule has 2 aromatic rings. The molecule has 0 atom stereocenters. The van der Waals surface area contributed by atoms with Crippen molar-refractivity contribution in [3.63, 3.8) is 0 Å². The summed E-state index contributed by atoms with van der Waals surface area (Å²) in [5.74, 6) is 0.925. The Morgan fingerprint density at radius 2 is 2.18 bits per heavy atom. The Morgan fingerprint density at radius 1 is 1.35 bits per heavy atom. The minimum atomic E-state index is 0.640. The van der Waals surface area contributed by atoms with Crippen molar-refractivity contribution in [1.29, 1.82) is 0 Å². The van der Waals surface area contributed by atoms with E-state index in [1.165, 1.54) is 25.7 Å². The first-order chi connectivity index (χ1) is 8.34. The molecule has 0 bridgehead atoms. The van der Waals surface area contributed by atoms with Gasteiger partial charge in [-0.05, 0) is 25.0 Å². The first-order valence-electron chi connectivity index (χ1n) is 6.06. The van der Waals surface area contributed by atoms with Crippen molar-refractivity contribution in [3.8, 4) is 0 Å². The average molecular weight is 251 g/mol. The summed E-state index contributed by atoms with van der Waals surface area (Å²) in [4.78, 5) is 0. The van der Waals surface area contributed by atoms with Gasteiger partial charge >= 0.3 is 0 Å². The predicted molar refractivity (Wildman–Crippen MR) is 67.1 cm³/mol.